The van der Waals surface area contributed by atoms with Gasteiger partial charge in [-0.05, 0) is 43.5 Å². The van der Waals surface area contributed by atoms with E-state index in [0.29, 0.717) is 36.2 Å². The molecule has 10 heteroatoms. The smallest absolute Gasteiger partial charge is 0.277 e. The fourth-order valence-corrected chi connectivity index (χ4v) is 5.23. The molecule has 2 aromatic rings. The Hall–Kier alpha value is -2.07. The highest BCUT2D eigenvalue weighted by molar-refractivity contribution is 7.99. The number of sulfone groups is 1. The summed E-state index contributed by atoms with van der Waals surface area (Å²) in [6.45, 7) is 2.50. The summed E-state index contributed by atoms with van der Waals surface area (Å²) >= 11 is 1.14. The summed E-state index contributed by atoms with van der Waals surface area (Å²) in [6, 6.07) is 7.13. The van der Waals surface area contributed by atoms with Gasteiger partial charge in [-0.15, -0.1) is 10.2 Å². The van der Waals surface area contributed by atoms with Crippen molar-refractivity contribution in [1.82, 2.24) is 10.2 Å². The van der Waals surface area contributed by atoms with E-state index in [9.17, 15) is 13.2 Å². The second kappa shape index (κ2) is 8.75. The van der Waals surface area contributed by atoms with E-state index in [-0.39, 0.29) is 29.1 Å². The summed E-state index contributed by atoms with van der Waals surface area (Å²) in [5.41, 5.74) is 0.678. The lowest BCUT2D eigenvalue weighted by Gasteiger charge is -2.06. The summed E-state index contributed by atoms with van der Waals surface area (Å²) in [5, 5.41) is 10.9. The van der Waals surface area contributed by atoms with Gasteiger partial charge in [0.05, 0.1) is 23.9 Å². The van der Waals surface area contributed by atoms with Crippen molar-refractivity contribution >= 4 is 33.2 Å². The zero-order chi connectivity index (χ0) is 19.3. The number of ether oxygens (including phenoxy) is 1. The van der Waals surface area contributed by atoms with Crippen molar-refractivity contribution < 1.29 is 22.4 Å². The van der Waals surface area contributed by atoms with Gasteiger partial charge >= 0.3 is 0 Å². The molecule has 1 N–H and O–H groups in total. The molecule has 2 heterocycles. The Bertz CT molecular complexity index is 880. The van der Waals surface area contributed by atoms with Crippen molar-refractivity contribution in [1.29, 1.82) is 0 Å². The summed E-state index contributed by atoms with van der Waals surface area (Å²) in [4.78, 5) is 12.0. The number of hydrogen-bond donors (Lipinski definition) is 1. The maximum absolute atomic E-state index is 12.0. The van der Waals surface area contributed by atoms with Crippen LogP contribution in [-0.4, -0.2) is 48.4 Å². The molecule has 3 rings (SSSR count). The molecule has 0 bridgehead atoms. The van der Waals surface area contributed by atoms with E-state index in [4.69, 9.17) is 9.15 Å². The standard InChI is InChI=1S/C17H21N3O5S2/c1-2-24-14-5-3-13(4-6-14)18-15(21)10-26-17-20-19-16(25-17)9-12-7-8-27(22,23)11-12/h3-6,12H,2,7-11H2,1H3,(H,18,21)/t12-/m0/s1. The predicted octanol–water partition coefficient (Wildman–Crippen LogP) is 2.18. The van der Waals surface area contributed by atoms with Crippen LogP contribution in [0.5, 0.6) is 5.75 Å². The van der Waals surface area contributed by atoms with Crippen molar-refractivity contribution in [2.45, 2.75) is 25.0 Å². The molecule has 0 aliphatic carbocycles. The minimum Gasteiger partial charge on any atom is -0.494 e. The minimum atomic E-state index is -2.92. The average Bonchev–Trinajstić information content (AvgIpc) is 3.21. The zero-order valence-electron chi connectivity index (χ0n) is 14.9. The molecule has 1 saturated heterocycles. The van der Waals surface area contributed by atoms with Gasteiger partial charge in [0.1, 0.15) is 5.75 Å². The number of amides is 1. The van der Waals surface area contributed by atoms with Crippen LogP contribution in [0.2, 0.25) is 0 Å². The van der Waals surface area contributed by atoms with E-state index >= 15 is 0 Å². The lowest BCUT2D eigenvalue weighted by Crippen LogP contribution is -2.13. The second-order valence-electron chi connectivity index (χ2n) is 6.23. The number of benzene rings is 1. The number of nitrogens with one attached hydrogen (secondary N) is 1. The number of hydrogen-bond acceptors (Lipinski definition) is 8. The van der Waals surface area contributed by atoms with Gasteiger partial charge in [0, 0.05) is 12.1 Å². The monoisotopic (exact) mass is 411 g/mol. The van der Waals surface area contributed by atoms with Crippen molar-refractivity contribution in [2.24, 2.45) is 5.92 Å². The van der Waals surface area contributed by atoms with E-state index in [1.807, 2.05) is 6.92 Å². The first-order valence-electron chi connectivity index (χ1n) is 8.62. The molecule has 1 fully saturated rings. The van der Waals surface area contributed by atoms with Crippen molar-refractivity contribution in [3.63, 3.8) is 0 Å². The molecule has 1 aliphatic rings. The van der Waals surface area contributed by atoms with Gasteiger partial charge in [-0.3, -0.25) is 4.79 Å². The normalized spacial score (nSPS) is 18.3. The SMILES string of the molecule is CCOc1ccc(NC(=O)CSc2nnc(C[C@@H]3CCS(=O)(=O)C3)o2)cc1. The highest BCUT2D eigenvalue weighted by Gasteiger charge is 2.29. The number of aromatic nitrogens is 2. The van der Waals surface area contributed by atoms with Crippen molar-refractivity contribution in [3.05, 3.63) is 30.2 Å². The topological polar surface area (TPSA) is 111 Å². The Morgan fingerprint density at radius 2 is 2.11 bits per heavy atom. The van der Waals surface area contributed by atoms with Crippen LogP contribution in [0, 0.1) is 5.92 Å². The van der Waals surface area contributed by atoms with Crippen molar-refractivity contribution in [2.75, 3.05) is 29.2 Å². The molecular formula is C17H21N3O5S2. The van der Waals surface area contributed by atoms with Crippen molar-refractivity contribution in [3.8, 4) is 5.75 Å². The van der Waals surface area contributed by atoms with Gasteiger partial charge in [0.2, 0.25) is 11.8 Å². The lowest BCUT2D eigenvalue weighted by atomic mass is 10.1. The first-order chi connectivity index (χ1) is 12.9. The molecule has 1 aromatic heterocycles. The number of rotatable bonds is 8. The van der Waals surface area contributed by atoms with Gasteiger partial charge in [0.15, 0.2) is 9.84 Å². The molecular weight excluding hydrogens is 390 g/mol. The van der Waals surface area contributed by atoms with E-state index in [2.05, 4.69) is 15.5 Å². The van der Waals surface area contributed by atoms with Crippen LogP contribution in [-0.2, 0) is 21.1 Å². The van der Waals surface area contributed by atoms with Gasteiger partial charge < -0.3 is 14.5 Å². The summed E-state index contributed by atoms with van der Waals surface area (Å²) in [5.74, 6) is 1.51. The summed E-state index contributed by atoms with van der Waals surface area (Å²) in [6.07, 6.45) is 1.07. The molecule has 8 nitrogen and oxygen atoms in total. The molecule has 0 unspecified atom stereocenters. The number of anilines is 1. The molecule has 0 radical (unpaired) electrons. The van der Waals surface area contributed by atoms with Crippen LogP contribution in [0.4, 0.5) is 5.69 Å². The number of carbonyl (C=O) groups is 1. The lowest BCUT2D eigenvalue weighted by molar-refractivity contribution is -0.113. The second-order valence-corrected chi connectivity index (χ2v) is 9.38. The highest BCUT2D eigenvalue weighted by Crippen LogP contribution is 2.24. The molecule has 1 atom stereocenters. The van der Waals surface area contributed by atoms with Crippen LogP contribution >= 0.6 is 11.8 Å². The van der Waals surface area contributed by atoms with Crippen LogP contribution in [0.1, 0.15) is 19.2 Å². The van der Waals surface area contributed by atoms with Crippen LogP contribution in [0.3, 0.4) is 0 Å². The van der Waals surface area contributed by atoms with Gasteiger partial charge in [-0.1, -0.05) is 11.8 Å². The fourth-order valence-electron chi connectivity index (χ4n) is 2.78. The third kappa shape index (κ3) is 5.96. The van der Waals surface area contributed by atoms with Gasteiger partial charge in [0.25, 0.3) is 5.22 Å². The van der Waals surface area contributed by atoms with E-state index in [1.54, 1.807) is 24.3 Å². The average molecular weight is 412 g/mol. The van der Waals surface area contributed by atoms with Gasteiger partial charge in [-0.2, -0.15) is 0 Å². The quantitative estimate of drug-likeness (QED) is 0.658. The third-order valence-corrected chi connectivity index (χ3v) is 6.67. The van der Waals surface area contributed by atoms with Gasteiger partial charge in [-0.25, -0.2) is 8.42 Å². The Morgan fingerprint density at radius 3 is 2.78 bits per heavy atom. The minimum absolute atomic E-state index is 0.0243. The van der Waals surface area contributed by atoms with Crippen LogP contribution in [0.25, 0.3) is 0 Å². The van der Waals surface area contributed by atoms with E-state index < -0.39 is 9.84 Å². The van der Waals surface area contributed by atoms with Crippen LogP contribution in [0.15, 0.2) is 33.9 Å². The first-order valence-corrected chi connectivity index (χ1v) is 11.4. The van der Waals surface area contributed by atoms with E-state index in [1.165, 1.54) is 0 Å². The third-order valence-electron chi connectivity index (χ3n) is 4.01. The zero-order valence-corrected chi connectivity index (χ0v) is 16.5. The largest absolute Gasteiger partial charge is 0.494 e. The first kappa shape index (κ1) is 19.7. The maximum atomic E-state index is 12.0. The molecule has 0 saturated carbocycles. The number of nitrogens with zero attached hydrogens (tertiary/aromatic N) is 2. The molecule has 146 valence electrons. The summed E-state index contributed by atoms with van der Waals surface area (Å²) in [7, 11) is -2.92. The number of carbonyl (C=O) groups excluding carboxylic acids is 1. The molecule has 1 aromatic carbocycles. The number of thioether (sulfide) groups is 1. The Kier molecular flexibility index (Phi) is 6.38. The Labute approximate surface area is 162 Å². The molecule has 27 heavy (non-hydrogen) atoms. The summed E-state index contributed by atoms with van der Waals surface area (Å²) < 4.78 is 33.8. The molecule has 1 amide bonds. The predicted molar refractivity (Wildman–Crippen MR) is 102 cm³/mol. The van der Waals surface area contributed by atoms with E-state index in [0.717, 1.165) is 17.5 Å². The van der Waals surface area contributed by atoms with Crippen LogP contribution < -0.4 is 10.1 Å². The fraction of sp³-hybridized carbons (Fsp3) is 0.471. The Balaban J connectivity index is 1.44. The highest BCUT2D eigenvalue weighted by atomic mass is 32.2. The maximum Gasteiger partial charge on any atom is 0.277 e. The Morgan fingerprint density at radius 1 is 1.33 bits per heavy atom. The molecule has 1 aliphatic heterocycles. The molecule has 0 spiro atoms.